The Morgan fingerprint density at radius 2 is 1.82 bits per heavy atom. The Morgan fingerprint density at radius 1 is 1.07 bits per heavy atom. The lowest BCUT2D eigenvalue weighted by Gasteiger charge is -2.12. The molecule has 2 aromatic carbocycles. The zero-order valence-electron chi connectivity index (χ0n) is 16.7. The number of hydrogen-bond donors (Lipinski definition) is 1. The van der Waals surface area contributed by atoms with Crippen molar-refractivity contribution in [3.05, 3.63) is 66.0 Å². The molecule has 0 saturated carbocycles. The van der Waals surface area contributed by atoms with Crippen molar-refractivity contribution in [3.8, 4) is 17.0 Å². The molecule has 0 aliphatic rings. The molecule has 6 heteroatoms. The minimum Gasteiger partial charge on any atom is -0.496 e. The minimum atomic E-state index is 0.646. The van der Waals surface area contributed by atoms with Gasteiger partial charge in [0, 0.05) is 44.0 Å². The summed E-state index contributed by atoms with van der Waals surface area (Å²) in [5.74, 6) is 2.09. The maximum absolute atomic E-state index is 5.44. The summed E-state index contributed by atoms with van der Waals surface area (Å²) in [5.41, 5.74) is 7.09. The molecule has 0 aliphatic heterocycles. The van der Waals surface area contributed by atoms with Gasteiger partial charge >= 0.3 is 0 Å². The number of nitrogens with one attached hydrogen (secondary N) is 1. The molecule has 1 aromatic heterocycles. The van der Waals surface area contributed by atoms with Crippen LogP contribution in [0.15, 0.2) is 59.7 Å². The van der Waals surface area contributed by atoms with E-state index in [1.165, 1.54) is 11.3 Å². The normalized spacial score (nSPS) is 10.9. The van der Waals surface area contributed by atoms with Gasteiger partial charge in [-0.3, -0.25) is 5.43 Å². The van der Waals surface area contributed by atoms with Gasteiger partial charge in [-0.25, -0.2) is 9.97 Å². The molecule has 1 N–H and O–H groups in total. The summed E-state index contributed by atoms with van der Waals surface area (Å²) in [4.78, 5) is 11.0. The van der Waals surface area contributed by atoms with Crippen molar-refractivity contribution in [2.75, 3.05) is 31.5 Å². The molecular weight excluding hydrogens is 350 g/mol. The summed E-state index contributed by atoms with van der Waals surface area (Å²) < 4.78 is 5.44. The number of aromatic nitrogens is 2. The Balaban J connectivity index is 1.69. The van der Waals surface area contributed by atoms with Gasteiger partial charge in [0.2, 0.25) is 0 Å². The lowest BCUT2D eigenvalue weighted by molar-refractivity contribution is 0.416. The van der Waals surface area contributed by atoms with Crippen LogP contribution in [0.25, 0.3) is 11.3 Å². The molecule has 0 fully saturated rings. The maximum Gasteiger partial charge on any atom is 0.150 e. The van der Waals surface area contributed by atoms with Crippen molar-refractivity contribution in [2.24, 2.45) is 5.10 Å². The monoisotopic (exact) mass is 375 g/mol. The lowest BCUT2D eigenvalue weighted by Crippen LogP contribution is -2.08. The van der Waals surface area contributed by atoms with Crippen LogP contribution in [0.2, 0.25) is 0 Å². The Hall–Kier alpha value is -3.41. The van der Waals surface area contributed by atoms with Gasteiger partial charge in [0.15, 0.2) is 0 Å². The molecule has 3 rings (SSSR count). The van der Waals surface area contributed by atoms with Crippen LogP contribution in [0.5, 0.6) is 5.75 Å². The van der Waals surface area contributed by atoms with Crippen LogP contribution in [0, 0.1) is 6.92 Å². The largest absolute Gasteiger partial charge is 0.496 e. The Morgan fingerprint density at radius 3 is 2.54 bits per heavy atom. The number of benzene rings is 2. The molecule has 0 bridgehead atoms. The fourth-order valence-corrected chi connectivity index (χ4v) is 2.81. The summed E-state index contributed by atoms with van der Waals surface area (Å²) >= 11 is 0. The third-order valence-electron chi connectivity index (χ3n) is 4.27. The second-order valence-corrected chi connectivity index (χ2v) is 6.57. The van der Waals surface area contributed by atoms with Crippen LogP contribution in [-0.2, 0) is 6.42 Å². The number of methoxy groups -OCH3 is 1. The van der Waals surface area contributed by atoms with Crippen LogP contribution in [0.3, 0.4) is 0 Å². The molecule has 0 saturated heterocycles. The van der Waals surface area contributed by atoms with E-state index in [4.69, 9.17) is 4.74 Å². The number of aryl methyl sites for hydroxylation is 1. The number of hydrogen-bond acceptors (Lipinski definition) is 6. The van der Waals surface area contributed by atoms with E-state index in [0.717, 1.165) is 23.4 Å². The quantitative estimate of drug-likeness (QED) is 0.496. The molecule has 0 unspecified atom stereocenters. The summed E-state index contributed by atoms with van der Waals surface area (Å²) in [6.45, 7) is 1.86. The zero-order chi connectivity index (χ0) is 19.9. The molecule has 144 valence electrons. The molecule has 0 atom stereocenters. The highest BCUT2D eigenvalue weighted by molar-refractivity contribution is 5.69. The van der Waals surface area contributed by atoms with Crippen molar-refractivity contribution >= 4 is 17.7 Å². The van der Waals surface area contributed by atoms with Crippen LogP contribution in [-0.4, -0.2) is 37.4 Å². The topological polar surface area (TPSA) is 62.6 Å². The Bertz CT molecular complexity index is 951. The van der Waals surface area contributed by atoms with E-state index in [1.807, 2.05) is 57.6 Å². The van der Waals surface area contributed by atoms with Gasteiger partial charge in [-0.05, 0) is 36.8 Å². The molecule has 28 heavy (non-hydrogen) atoms. The third kappa shape index (κ3) is 4.85. The van der Waals surface area contributed by atoms with Gasteiger partial charge in [-0.2, -0.15) is 5.10 Å². The Labute approximate surface area is 165 Å². The lowest BCUT2D eigenvalue weighted by atomic mass is 10.1. The molecule has 3 aromatic rings. The van der Waals surface area contributed by atoms with Gasteiger partial charge in [-0.15, -0.1) is 0 Å². The van der Waals surface area contributed by atoms with Crippen LogP contribution in [0.4, 0.5) is 11.5 Å². The molecular formula is C22H25N5O. The summed E-state index contributed by atoms with van der Waals surface area (Å²) in [6, 6.07) is 18.1. The standard InChI is InChI=1S/C22H25N5O/c1-16-24-20(19-7-5-6-8-21(19)28-4)15-22(25-16)26-23-14-13-17-9-11-18(12-10-17)27(2)3/h5-12,14-15H,13H2,1-4H3,(H,24,25,26). The van der Waals surface area contributed by atoms with Crippen molar-refractivity contribution in [1.29, 1.82) is 0 Å². The number of rotatable bonds is 7. The molecule has 1 heterocycles. The highest BCUT2D eigenvalue weighted by atomic mass is 16.5. The SMILES string of the molecule is COc1ccccc1-c1cc(NN=CCc2ccc(N(C)C)cc2)nc(C)n1. The van der Waals surface area contributed by atoms with Crippen molar-refractivity contribution in [3.63, 3.8) is 0 Å². The van der Waals surface area contributed by atoms with Crippen LogP contribution < -0.4 is 15.1 Å². The van der Waals surface area contributed by atoms with E-state index in [0.29, 0.717) is 11.6 Å². The summed E-state index contributed by atoms with van der Waals surface area (Å²) in [5, 5.41) is 4.31. The molecule has 6 nitrogen and oxygen atoms in total. The third-order valence-corrected chi connectivity index (χ3v) is 4.27. The van der Waals surface area contributed by atoms with Gasteiger partial charge in [0.1, 0.15) is 17.4 Å². The number of ether oxygens (including phenoxy) is 1. The molecule has 0 aliphatic carbocycles. The smallest absolute Gasteiger partial charge is 0.150 e. The Kier molecular flexibility index (Phi) is 6.22. The van der Waals surface area contributed by atoms with Crippen LogP contribution in [0.1, 0.15) is 11.4 Å². The second kappa shape index (κ2) is 8.99. The van der Waals surface area contributed by atoms with Crippen LogP contribution >= 0.6 is 0 Å². The van der Waals surface area contributed by atoms with E-state index >= 15 is 0 Å². The molecule has 0 spiro atoms. The second-order valence-electron chi connectivity index (χ2n) is 6.57. The first-order valence-corrected chi connectivity index (χ1v) is 9.09. The first-order chi connectivity index (χ1) is 13.6. The number of para-hydroxylation sites is 1. The summed E-state index contributed by atoms with van der Waals surface area (Å²) in [6.07, 6.45) is 2.58. The highest BCUT2D eigenvalue weighted by Crippen LogP contribution is 2.29. The predicted octanol–water partition coefficient (Wildman–Crippen LogP) is 4.17. The maximum atomic E-state index is 5.44. The van der Waals surface area contributed by atoms with Gasteiger partial charge in [0.05, 0.1) is 12.8 Å². The van der Waals surface area contributed by atoms with E-state index in [9.17, 15) is 0 Å². The van der Waals surface area contributed by atoms with E-state index < -0.39 is 0 Å². The molecule has 0 amide bonds. The highest BCUT2D eigenvalue weighted by Gasteiger charge is 2.09. The summed E-state index contributed by atoms with van der Waals surface area (Å²) in [7, 11) is 5.72. The van der Waals surface area contributed by atoms with Gasteiger partial charge in [0.25, 0.3) is 0 Å². The first-order valence-electron chi connectivity index (χ1n) is 9.09. The fraction of sp³-hybridized carbons (Fsp3) is 0.227. The number of anilines is 2. The van der Waals surface area contributed by atoms with Gasteiger partial charge in [-0.1, -0.05) is 24.3 Å². The van der Waals surface area contributed by atoms with E-state index in [1.54, 1.807) is 7.11 Å². The minimum absolute atomic E-state index is 0.646. The van der Waals surface area contributed by atoms with E-state index in [2.05, 4.69) is 49.7 Å². The van der Waals surface area contributed by atoms with Crippen molar-refractivity contribution in [1.82, 2.24) is 9.97 Å². The predicted molar refractivity (Wildman–Crippen MR) is 115 cm³/mol. The number of hydrazone groups is 1. The zero-order valence-corrected chi connectivity index (χ0v) is 16.7. The number of nitrogens with zero attached hydrogens (tertiary/aromatic N) is 4. The van der Waals surface area contributed by atoms with Crippen molar-refractivity contribution < 1.29 is 4.74 Å². The van der Waals surface area contributed by atoms with Crippen molar-refractivity contribution in [2.45, 2.75) is 13.3 Å². The molecule has 0 radical (unpaired) electrons. The average molecular weight is 375 g/mol. The van der Waals surface area contributed by atoms with E-state index in [-0.39, 0.29) is 0 Å². The van der Waals surface area contributed by atoms with Gasteiger partial charge < -0.3 is 9.64 Å². The average Bonchev–Trinajstić information content (AvgIpc) is 2.71. The first kappa shape index (κ1) is 19.4. The fourth-order valence-electron chi connectivity index (χ4n) is 2.81.